The lowest BCUT2D eigenvalue weighted by Crippen LogP contribution is -1.82. The van der Waals surface area contributed by atoms with Crippen molar-refractivity contribution in [3.63, 3.8) is 0 Å². The Morgan fingerprint density at radius 3 is 2.47 bits per heavy atom. The Kier molecular flexibility index (Phi) is 3.90. The number of allylic oxidation sites excluding steroid dienone is 1. The molecule has 0 aliphatic rings. The van der Waals surface area contributed by atoms with Crippen LogP contribution in [0.25, 0.3) is 17.2 Å². The third-order valence-electron chi connectivity index (χ3n) is 2.74. The molecule has 92 valence electrons. The summed E-state index contributed by atoms with van der Waals surface area (Å²) in [6, 6.07) is 17.5. The molecule has 0 bridgehead atoms. The Morgan fingerprint density at radius 2 is 1.84 bits per heavy atom. The third kappa shape index (κ3) is 3.40. The van der Waals surface area contributed by atoms with Gasteiger partial charge in [-0.15, -0.1) is 0 Å². The van der Waals surface area contributed by atoms with Gasteiger partial charge in [-0.05, 0) is 47.9 Å². The molecule has 2 nitrogen and oxygen atoms in total. The summed E-state index contributed by atoms with van der Waals surface area (Å²) >= 11 is 0. The Bertz CT molecular complexity index is 660. The maximum Gasteiger partial charge on any atom is 0.152 e. The lowest BCUT2D eigenvalue weighted by atomic mass is 10.0. The molecule has 0 heterocycles. The molecule has 0 aliphatic carbocycles. The zero-order valence-electron chi connectivity index (χ0n) is 10.6. The van der Waals surface area contributed by atoms with Gasteiger partial charge >= 0.3 is 0 Å². The molecule has 2 rings (SSSR count). The fourth-order valence-corrected chi connectivity index (χ4v) is 1.77. The molecule has 0 N–H and O–H groups in total. The number of nitrogens with zero attached hydrogens (tertiary/aromatic N) is 1. The zero-order chi connectivity index (χ0) is 13.7. The molecule has 19 heavy (non-hydrogen) atoms. The standard InChI is InChI=1S/C17H13NO/c1-13(19)5-6-14-3-2-4-17(11-14)16-9-7-15(12-18)8-10-16/h2-11H,1H3/b6-5+. The van der Waals surface area contributed by atoms with E-state index in [-0.39, 0.29) is 5.78 Å². The Labute approximate surface area is 112 Å². The molecule has 0 saturated heterocycles. The van der Waals surface area contributed by atoms with Gasteiger partial charge in [0.05, 0.1) is 11.6 Å². The van der Waals surface area contributed by atoms with Crippen molar-refractivity contribution in [2.45, 2.75) is 6.92 Å². The van der Waals surface area contributed by atoms with E-state index in [1.54, 1.807) is 24.3 Å². The Balaban J connectivity index is 2.32. The second-order valence-electron chi connectivity index (χ2n) is 4.26. The van der Waals surface area contributed by atoms with Crippen molar-refractivity contribution >= 4 is 11.9 Å². The number of carbonyl (C=O) groups excluding carboxylic acids is 1. The van der Waals surface area contributed by atoms with Gasteiger partial charge in [0.1, 0.15) is 0 Å². The summed E-state index contributed by atoms with van der Waals surface area (Å²) in [5, 5.41) is 8.77. The van der Waals surface area contributed by atoms with Crippen molar-refractivity contribution in [1.82, 2.24) is 0 Å². The summed E-state index contributed by atoms with van der Waals surface area (Å²) < 4.78 is 0. The summed E-state index contributed by atoms with van der Waals surface area (Å²) in [4.78, 5) is 10.9. The number of ketones is 1. The molecule has 0 aromatic heterocycles. The first-order chi connectivity index (χ1) is 9.19. The second kappa shape index (κ2) is 5.79. The van der Waals surface area contributed by atoms with E-state index >= 15 is 0 Å². The van der Waals surface area contributed by atoms with Gasteiger partial charge in [-0.3, -0.25) is 4.79 Å². The summed E-state index contributed by atoms with van der Waals surface area (Å²) in [5.74, 6) is 0.0313. The van der Waals surface area contributed by atoms with Crippen LogP contribution in [0.3, 0.4) is 0 Å². The molecule has 0 aliphatic heterocycles. The van der Waals surface area contributed by atoms with Crippen LogP contribution in [0.2, 0.25) is 0 Å². The maximum atomic E-state index is 10.9. The van der Waals surface area contributed by atoms with Crippen LogP contribution >= 0.6 is 0 Å². The highest BCUT2D eigenvalue weighted by Gasteiger charge is 1.98. The molecule has 0 saturated carbocycles. The lowest BCUT2D eigenvalue weighted by Gasteiger charge is -2.03. The number of hydrogen-bond acceptors (Lipinski definition) is 2. The minimum Gasteiger partial charge on any atom is -0.295 e. The minimum absolute atomic E-state index is 0.0313. The van der Waals surface area contributed by atoms with Gasteiger partial charge in [0.15, 0.2) is 5.78 Å². The first-order valence-corrected chi connectivity index (χ1v) is 5.98. The Morgan fingerprint density at radius 1 is 1.11 bits per heavy atom. The highest BCUT2D eigenvalue weighted by molar-refractivity contribution is 5.91. The van der Waals surface area contributed by atoms with Crippen molar-refractivity contribution in [3.05, 3.63) is 65.7 Å². The van der Waals surface area contributed by atoms with E-state index < -0.39 is 0 Å². The number of nitriles is 1. The fraction of sp³-hybridized carbons (Fsp3) is 0.0588. The minimum atomic E-state index is 0.0313. The number of carbonyl (C=O) groups is 1. The van der Waals surface area contributed by atoms with E-state index in [1.165, 1.54) is 6.92 Å². The largest absolute Gasteiger partial charge is 0.295 e. The van der Waals surface area contributed by atoms with Gasteiger partial charge < -0.3 is 0 Å². The zero-order valence-corrected chi connectivity index (χ0v) is 10.6. The van der Waals surface area contributed by atoms with E-state index in [1.807, 2.05) is 36.4 Å². The molecule has 2 aromatic rings. The molecular weight excluding hydrogens is 234 g/mol. The molecule has 0 atom stereocenters. The highest BCUT2D eigenvalue weighted by atomic mass is 16.1. The summed E-state index contributed by atoms with van der Waals surface area (Å²) in [7, 11) is 0. The van der Waals surface area contributed by atoms with Crippen LogP contribution in [-0.2, 0) is 4.79 Å². The first kappa shape index (κ1) is 12.8. The predicted molar refractivity (Wildman–Crippen MR) is 76.3 cm³/mol. The van der Waals surface area contributed by atoms with Crippen molar-refractivity contribution in [2.24, 2.45) is 0 Å². The van der Waals surface area contributed by atoms with Gasteiger partial charge in [0, 0.05) is 0 Å². The quantitative estimate of drug-likeness (QED) is 0.773. The van der Waals surface area contributed by atoms with Crippen molar-refractivity contribution < 1.29 is 4.79 Å². The van der Waals surface area contributed by atoms with Crippen LogP contribution in [0, 0.1) is 11.3 Å². The molecule has 0 spiro atoms. The van der Waals surface area contributed by atoms with Crippen LogP contribution in [0.5, 0.6) is 0 Å². The molecular formula is C17H13NO. The van der Waals surface area contributed by atoms with Crippen LogP contribution in [0.1, 0.15) is 18.1 Å². The summed E-state index contributed by atoms with van der Waals surface area (Å²) in [6.07, 6.45) is 3.35. The monoisotopic (exact) mass is 247 g/mol. The van der Waals surface area contributed by atoms with Crippen molar-refractivity contribution in [3.8, 4) is 17.2 Å². The molecule has 2 heteroatoms. The first-order valence-electron chi connectivity index (χ1n) is 5.98. The van der Waals surface area contributed by atoms with Crippen LogP contribution in [0.4, 0.5) is 0 Å². The molecule has 2 aromatic carbocycles. The fourth-order valence-electron chi connectivity index (χ4n) is 1.77. The average molecular weight is 247 g/mol. The third-order valence-corrected chi connectivity index (χ3v) is 2.74. The normalized spacial score (nSPS) is 10.3. The maximum absolute atomic E-state index is 10.9. The lowest BCUT2D eigenvalue weighted by molar-refractivity contribution is -0.112. The van der Waals surface area contributed by atoms with E-state index in [4.69, 9.17) is 5.26 Å². The van der Waals surface area contributed by atoms with Crippen molar-refractivity contribution in [1.29, 1.82) is 5.26 Å². The van der Waals surface area contributed by atoms with E-state index in [0.29, 0.717) is 5.56 Å². The topological polar surface area (TPSA) is 40.9 Å². The molecule has 0 radical (unpaired) electrons. The van der Waals surface area contributed by atoms with Crippen LogP contribution in [0.15, 0.2) is 54.6 Å². The van der Waals surface area contributed by atoms with Gasteiger partial charge in [-0.1, -0.05) is 36.4 Å². The van der Waals surface area contributed by atoms with Crippen LogP contribution in [-0.4, -0.2) is 5.78 Å². The molecule has 0 unspecified atom stereocenters. The predicted octanol–water partition coefficient (Wildman–Crippen LogP) is 3.83. The molecule has 0 fully saturated rings. The second-order valence-corrected chi connectivity index (χ2v) is 4.26. The Hall–Kier alpha value is -2.66. The highest BCUT2D eigenvalue weighted by Crippen LogP contribution is 2.21. The number of hydrogen-bond donors (Lipinski definition) is 0. The van der Waals surface area contributed by atoms with E-state index in [9.17, 15) is 4.79 Å². The van der Waals surface area contributed by atoms with Gasteiger partial charge in [0.2, 0.25) is 0 Å². The van der Waals surface area contributed by atoms with E-state index in [2.05, 4.69) is 6.07 Å². The summed E-state index contributed by atoms with van der Waals surface area (Å²) in [6.45, 7) is 1.53. The van der Waals surface area contributed by atoms with Crippen molar-refractivity contribution in [2.75, 3.05) is 0 Å². The van der Waals surface area contributed by atoms with Gasteiger partial charge in [-0.2, -0.15) is 5.26 Å². The SMILES string of the molecule is CC(=O)/C=C/c1cccc(-c2ccc(C#N)cc2)c1. The molecule has 0 amide bonds. The van der Waals surface area contributed by atoms with E-state index in [0.717, 1.165) is 16.7 Å². The van der Waals surface area contributed by atoms with Crippen LogP contribution < -0.4 is 0 Å². The number of rotatable bonds is 3. The van der Waals surface area contributed by atoms with Gasteiger partial charge in [0.25, 0.3) is 0 Å². The summed E-state index contributed by atoms with van der Waals surface area (Å²) in [5.41, 5.74) is 3.75. The average Bonchev–Trinajstić information content (AvgIpc) is 2.45. The smallest absolute Gasteiger partial charge is 0.152 e. The number of benzene rings is 2. The van der Waals surface area contributed by atoms with Gasteiger partial charge in [-0.25, -0.2) is 0 Å².